The van der Waals surface area contributed by atoms with Crippen LogP contribution in [0.5, 0.6) is 0 Å². The van der Waals surface area contributed by atoms with Gasteiger partial charge in [-0.25, -0.2) is 0 Å². The Bertz CT molecular complexity index is 491. The van der Waals surface area contributed by atoms with Crippen LogP contribution in [-0.2, 0) is 11.2 Å². The van der Waals surface area contributed by atoms with Gasteiger partial charge in [-0.2, -0.15) is 16.7 Å². The Morgan fingerprint density at radius 2 is 2.14 bits per heavy atom. The van der Waals surface area contributed by atoms with Crippen molar-refractivity contribution in [2.45, 2.75) is 63.0 Å². The minimum atomic E-state index is -0.723. The molecular formula is C15H22N2O3S. The van der Waals surface area contributed by atoms with Crippen molar-refractivity contribution in [2.24, 2.45) is 5.41 Å². The minimum absolute atomic E-state index is 0.171. The van der Waals surface area contributed by atoms with Crippen molar-refractivity contribution in [3.05, 3.63) is 11.7 Å². The van der Waals surface area contributed by atoms with Crippen molar-refractivity contribution in [1.82, 2.24) is 10.1 Å². The molecule has 1 aromatic rings. The molecule has 0 radical (unpaired) electrons. The fourth-order valence-electron chi connectivity index (χ4n) is 3.60. The molecule has 1 saturated heterocycles. The first-order valence-electron chi connectivity index (χ1n) is 7.83. The van der Waals surface area contributed by atoms with Gasteiger partial charge in [0, 0.05) is 6.42 Å². The molecule has 3 rings (SSSR count). The van der Waals surface area contributed by atoms with Crippen LogP contribution in [-0.4, -0.2) is 27.0 Å². The Kier molecular flexibility index (Phi) is 4.52. The van der Waals surface area contributed by atoms with Gasteiger partial charge < -0.3 is 9.63 Å². The molecule has 1 N–H and O–H groups in total. The van der Waals surface area contributed by atoms with Crippen LogP contribution in [0.25, 0.3) is 0 Å². The molecule has 1 unspecified atom stereocenters. The standard InChI is InChI=1S/C15H22N2O3S/c18-13(19)10-15(6-2-3-7-15)9-12-16-14(17-20-12)11-5-1-4-8-21-11/h11H,1-10H2,(H,18,19). The molecule has 2 fully saturated rings. The second kappa shape index (κ2) is 6.38. The van der Waals surface area contributed by atoms with Crippen LogP contribution in [0.2, 0.25) is 0 Å². The van der Waals surface area contributed by atoms with E-state index in [0.717, 1.165) is 43.7 Å². The molecule has 6 heteroatoms. The lowest BCUT2D eigenvalue weighted by molar-refractivity contribution is -0.139. The first kappa shape index (κ1) is 14.9. The highest BCUT2D eigenvalue weighted by Crippen LogP contribution is 2.44. The Balaban J connectivity index is 1.68. The molecule has 1 aliphatic heterocycles. The van der Waals surface area contributed by atoms with Gasteiger partial charge in [0.05, 0.1) is 11.7 Å². The number of aliphatic carboxylic acids is 1. The maximum atomic E-state index is 11.1. The van der Waals surface area contributed by atoms with E-state index in [1.54, 1.807) is 0 Å². The topological polar surface area (TPSA) is 76.2 Å². The summed E-state index contributed by atoms with van der Waals surface area (Å²) in [6.45, 7) is 0. The second-order valence-corrected chi connectivity index (χ2v) is 7.67. The molecule has 5 nitrogen and oxygen atoms in total. The first-order valence-corrected chi connectivity index (χ1v) is 8.88. The van der Waals surface area contributed by atoms with Crippen LogP contribution >= 0.6 is 11.8 Å². The number of hydrogen-bond donors (Lipinski definition) is 1. The van der Waals surface area contributed by atoms with E-state index in [0.29, 0.717) is 17.6 Å². The summed E-state index contributed by atoms with van der Waals surface area (Å²) in [4.78, 5) is 15.7. The third-order valence-electron chi connectivity index (χ3n) is 4.67. The molecule has 0 spiro atoms. The Labute approximate surface area is 128 Å². The zero-order chi connectivity index (χ0) is 14.7. The summed E-state index contributed by atoms with van der Waals surface area (Å²) in [6.07, 6.45) is 8.55. The zero-order valence-corrected chi connectivity index (χ0v) is 13.0. The van der Waals surface area contributed by atoms with E-state index >= 15 is 0 Å². The van der Waals surface area contributed by atoms with Crippen LogP contribution in [0, 0.1) is 5.41 Å². The number of thioether (sulfide) groups is 1. The second-order valence-electron chi connectivity index (χ2n) is 6.36. The Morgan fingerprint density at radius 1 is 1.33 bits per heavy atom. The van der Waals surface area contributed by atoms with Gasteiger partial charge in [0.2, 0.25) is 5.89 Å². The minimum Gasteiger partial charge on any atom is -0.481 e. The molecule has 2 aliphatic rings. The van der Waals surface area contributed by atoms with Crippen molar-refractivity contribution in [3.8, 4) is 0 Å². The summed E-state index contributed by atoms with van der Waals surface area (Å²) in [5, 5.41) is 13.7. The molecule has 21 heavy (non-hydrogen) atoms. The average Bonchev–Trinajstić information content (AvgIpc) is 3.09. The molecule has 1 aliphatic carbocycles. The number of aromatic nitrogens is 2. The van der Waals surface area contributed by atoms with Gasteiger partial charge >= 0.3 is 5.97 Å². The maximum Gasteiger partial charge on any atom is 0.303 e. The zero-order valence-electron chi connectivity index (χ0n) is 12.2. The third kappa shape index (κ3) is 3.59. The number of carboxylic acid groups (broad SMARTS) is 1. The van der Waals surface area contributed by atoms with E-state index in [9.17, 15) is 4.79 Å². The van der Waals surface area contributed by atoms with Crippen LogP contribution in [0.3, 0.4) is 0 Å². The molecule has 0 bridgehead atoms. The first-order chi connectivity index (χ1) is 10.2. The average molecular weight is 310 g/mol. The molecular weight excluding hydrogens is 288 g/mol. The van der Waals surface area contributed by atoms with Crippen LogP contribution in [0.15, 0.2) is 4.52 Å². The highest BCUT2D eigenvalue weighted by molar-refractivity contribution is 7.99. The summed E-state index contributed by atoms with van der Waals surface area (Å²) in [6, 6.07) is 0. The van der Waals surface area contributed by atoms with Crippen molar-refractivity contribution >= 4 is 17.7 Å². The Hall–Kier alpha value is -1.04. The van der Waals surface area contributed by atoms with E-state index in [-0.39, 0.29) is 11.8 Å². The predicted octanol–water partition coefficient (Wildman–Crippen LogP) is 3.61. The van der Waals surface area contributed by atoms with Gasteiger partial charge in [-0.1, -0.05) is 24.4 Å². The van der Waals surface area contributed by atoms with Gasteiger partial charge in [0.1, 0.15) is 0 Å². The van der Waals surface area contributed by atoms with E-state index in [2.05, 4.69) is 10.1 Å². The lowest BCUT2D eigenvalue weighted by Gasteiger charge is -2.24. The van der Waals surface area contributed by atoms with Crippen molar-refractivity contribution < 1.29 is 14.4 Å². The normalized spacial score (nSPS) is 25.0. The number of rotatable bonds is 5. The SMILES string of the molecule is O=C(O)CC1(Cc2nc(C3CCCCS3)no2)CCCC1. The molecule has 116 valence electrons. The van der Waals surface area contributed by atoms with Crippen LogP contribution < -0.4 is 0 Å². The number of carbonyl (C=O) groups is 1. The van der Waals surface area contributed by atoms with Crippen LogP contribution in [0.4, 0.5) is 0 Å². The van der Waals surface area contributed by atoms with Gasteiger partial charge in [-0.15, -0.1) is 0 Å². The highest BCUT2D eigenvalue weighted by Gasteiger charge is 2.38. The molecule has 2 heterocycles. The highest BCUT2D eigenvalue weighted by atomic mass is 32.2. The summed E-state index contributed by atoms with van der Waals surface area (Å²) in [5.74, 6) is 1.87. The van der Waals surface area contributed by atoms with Crippen molar-refractivity contribution in [1.29, 1.82) is 0 Å². The monoisotopic (exact) mass is 310 g/mol. The smallest absolute Gasteiger partial charge is 0.303 e. The van der Waals surface area contributed by atoms with E-state index in [1.165, 1.54) is 12.8 Å². The van der Waals surface area contributed by atoms with Crippen LogP contribution in [0.1, 0.15) is 68.3 Å². The van der Waals surface area contributed by atoms with Crippen molar-refractivity contribution in [3.63, 3.8) is 0 Å². The number of carboxylic acids is 1. The van der Waals surface area contributed by atoms with Gasteiger partial charge in [-0.3, -0.25) is 4.79 Å². The fraction of sp³-hybridized carbons (Fsp3) is 0.800. The van der Waals surface area contributed by atoms with Gasteiger partial charge in [-0.05, 0) is 36.9 Å². The number of hydrogen-bond acceptors (Lipinski definition) is 5. The molecule has 0 amide bonds. The quantitative estimate of drug-likeness (QED) is 0.895. The van der Waals surface area contributed by atoms with Crippen molar-refractivity contribution in [2.75, 3.05) is 5.75 Å². The third-order valence-corrected chi connectivity index (χ3v) is 6.04. The lowest BCUT2D eigenvalue weighted by atomic mass is 9.79. The van der Waals surface area contributed by atoms with Gasteiger partial charge in [0.25, 0.3) is 0 Å². The molecule has 0 aromatic carbocycles. The molecule has 1 atom stereocenters. The summed E-state index contributed by atoms with van der Waals surface area (Å²) in [5.41, 5.74) is -0.171. The Morgan fingerprint density at radius 3 is 2.81 bits per heavy atom. The maximum absolute atomic E-state index is 11.1. The summed E-state index contributed by atoms with van der Waals surface area (Å²) < 4.78 is 5.42. The van der Waals surface area contributed by atoms with E-state index < -0.39 is 5.97 Å². The molecule has 1 aromatic heterocycles. The van der Waals surface area contributed by atoms with E-state index in [1.807, 2.05) is 11.8 Å². The number of nitrogens with zero attached hydrogens (tertiary/aromatic N) is 2. The predicted molar refractivity (Wildman–Crippen MR) is 80.2 cm³/mol. The van der Waals surface area contributed by atoms with E-state index in [4.69, 9.17) is 9.63 Å². The summed E-state index contributed by atoms with van der Waals surface area (Å²) >= 11 is 1.90. The lowest BCUT2D eigenvalue weighted by Crippen LogP contribution is -2.24. The molecule has 1 saturated carbocycles. The fourth-order valence-corrected chi connectivity index (χ4v) is 4.83. The summed E-state index contributed by atoms with van der Waals surface area (Å²) in [7, 11) is 0. The van der Waals surface area contributed by atoms with Gasteiger partial charge in [0.15, 0.2) is 5.82 Å². The largest absolute Gasteiger partial charge is 0.481 e.